The van der Waals surface area contributed by atoms with Gasteiger partial charge in [-0.1, -0.05) is 146 Å². The number of alkyl carbamates (subject to hydrolysis) is 1. The number of nitrogens with one attached hydrogen (secondary N) is 2. The van der Waals surface area contributed by atoms with E-state index in [0.29, 0.717) is 11.3 Å². The number of rotatable bonds is 12. The monoisotopic (exact) mass is 740 g/mol. The number of aromatic nitrogens is 2. The smallest absolute Gasteiger partial charge is 0.407 e. The first kappa shape index (κ1) is 35.9. The molecule has 2 amide bonds. The number of hydrogen-bond donors (Lipinski definition) is 4. The van der Waals surface area contributed by atoms with Crippen LogP contribution in [-0.4, -0.2) is 44.4 Å². The van der Waals surface area contributed by atoms with Crippen LogP contribution in [0.2, 0.25) is 0 Å². The zero-order valence-electron chi connectivity index (χ0n) is 30.5. The molecule has 1 aromatic heterocycles. The van der Waals surface area contributed by atoms with Gasteiger partial charge in [-0.3, -0.25) is 4.79 Å². The van der Waals surface area contributed by atoms with Gasteiger partial charge in [-0.15, -0.1) is 0 Å². The van der Waals surface area contributed by atoms with Crippen molar-refractivity contribution in [2.24, 2.45) is 0 Å². The first-order valence-electron chi connectivity index (χ1n) is 18.5. The number of nitrogens with zero attached hydrogens (tertiary/aromatic N) is 2. The normalized spacial score (nSPS) is 12.6. The fraction of sp³-hybridized carbons (Fsp3) is 0.128. The molecule has 8 rings (SSSR count). The van der Waals surface area contributed by atoms with Crippen LogP contribution in [0.3, 0.4) is 0 Å². The van der Waals surface area contributed by atoms with Gasteiger partial charge in [0.2, 0.25) is 5.91 Å². The molecule has 278 valence electrons. The third-order valence-electron chi connectivity index (χ3n) is 10.5. The van der Waals surface area contributed by atoms with Gasteiger partial charge in [-0.25, -0.2) is 9.78 Å². The maximum Gasteiger partial charge on any atom is 0.407 e. The molecule has 0 saturated carbocycles. The van der Waals surface area contributed by atoms with Crippen LogP contribution < -0.4 is 10.6 Å². The number of amides is 2. The molecule has 1 heterocycles. The largest absolute Gasteiger partial charge is 0.504 e. The zero-order valence-corrected chi connectivity index (χ0v) is 30.5. The molecule has 9 heteroatoms. The Morgan fingerprint density at radius 3 is 1.79 bits per heavy atom. The Morgan fingerprint density at radius 1 is 0.696 bits per heavy atom. The number of phenols is 2. The predicted molar refractivity (Wildman–Crippen MR) is 214 cm³/mol. The van der Waals surface area contributed by atoms with Gasteiger partial charge in [-0.05, 0) is 56.6 Å². The summed E-state index contributed by atoms with van der Waals surface area (Å²) >= 11 is 0. The van der Waals surface area contributed by atoms with Crippen LogP contribution in [0.15, 0.2) is 170 Å². The Hall–Kier alpha value is -7.13. The van der Waals surface area contributed by atoms with E-state index in [1.54, 1.807) is 18.6 Å². The van der Waals surface area contributed by atoms with Crippen molar-refractivity contribution < 1.29 is 24.5 Å². The summed E-state index contributed by atoms with van der Waals surface area (Å²) in [5.74, 6) is -1.19. The van der Waals surface area contributed by atoms with Crippen LogP contribution in [0.4, 0.5) is 4.79 Å². The van der Waals surface area contributed by atoms with Crippen molar-refractivity contribution in [1.29, 1.82) is 0 Å². The van der Waals surface area contributed by atoms with Crippen molar-refractivity contribution in [3.63, 3.8) is 0 Å². The molecule has 0 radical (unpaired) electrons. The van der Waals surface area contributed by atoms with Gasteiger partial charge in [0.25, 0.3) is 0 Å². The van der Waals surface area contributed by atoms with Crippen molar-refractivity contribution in [3.05, 3.63) is 209 Å². The molecule has 6 aromatic carbocycles. The number of carbonyl (C=O) groups is 2. The zero-order chi connectivity index (χ0) is 38.5. The van der Waals surface area contributed by atoms with Crippen molar-refractivity contribution in [2.45, 2.75) is 30.5 Å². The lowest BCUT2D eigenvalue weighted by Gasteiger charge is -2.39. The first-order chi connectivity index (χ1) is 27.4. The van der Waals surface area contributed by atoms with Gasteiger partial charge in [0.1, 0.15) is 18.2 Å². The van der Waals surface area contributed by atoms with E-state index in [2.05, 4.69) is 80.8 Å². The third-order valence-corrected chi connectivity index (χ3v) is 10.5. The molecule has 0 bridgehead atoms. The average molecular weight is 741 g/mol. The second kappa shape index (κ2) is 15.7. The van der Waals surface area contributed by atoms with E-state index in [4.69, 9.17) is 4.74 Å². The molecular weight excluding hydrogens is 701 g/mol. The topological polar surface area (TPSA) is 126 Å². The molecule has 1 atom stereocenters. The van der Waals surface area contributed by atoms with Crippen LogP contribution in [-0.2, 0) is 28.0 Å². The van der Waals surface area contributed by atoms with E-state index in [1.165, 1.54) is 12.1 Å². The Labute approximate surface area is 324 Å². The average Bonchev–Trinajstić information content (AvgIpc) is 3.84. The van der Waals surface area contributed by atoms with Crippen molar-refractivity contribution in [1.82, 2.24) is 20.2 Å². The van der Waals surface area contributed by atoms with E-state index in [-0.39, 0.29) is 37.0 Å². The number of ether oxygens (including phenoxy) is 1. The standard InChI is InChI=1S/C47H40N4O5/c52-43-25-24-32(26-44(43)53)28-49-45(54)42(50-46(55)56-30-41-39-22-12-10-20-37(39)38-21-11-13-23-40(38)41)27-36-29-48-31-51(36)47(33-14-4-1-5-15-33,34-16-6-2-7-17-34)35-18-8-3-9-19-35/h1-26,29,31,41-42,52-53H,27-28,30H2,(H,49,54)(H,50,55)/t42-/m0/s1. The van der Waals surface area contributed by atoms with Crippen LogP contribution in [0.25, 0.3) is 11.1 Å². The second-order valence-corrected chi connectivity index (χ2v) is 13.8. The minimum Gasteiger partial charge on any atom is -0.504 e. The molecule has 0 fully saturated rings. The lowest BCUT2D eigenvalue weighted by atomic mass is 9.76. The maximum absolute atomic E-state index is 14.2. The fourth-order valence-electron chi connectivity index (χ4n) is 7.92. The Bertz CT molecular complexity index is 2330. The van der Waals surface area contributed by atoms with Gasteiger partial charge >= 0.3 is 6.09 Å². The van der Waals surface area contributed by atoms with E-state index < -0.39 is 23.6 Å². The van der Waals surface area contributed by atoms with Crippen molar-refractivity contribution >= 4 is 12.0 Å². The summed E-state index contributed by atoms with van der Waals surface area (Å²) in [6.45, 7) is 0.120. The maximum atomic E-state index is 14.2. The summed E-state index contributed by atoms with van der Waals surface area (Å²) in [6, 6.07) is 49.9. The van der Waals surface area contributed by atoms with Crippen LogP contribution in [0.1, 0.15) is 45.0 Å². The van der Waals surface area contributed by atoms with Crippen LogP contribution in [0, 0.1) is 0 Å². The molecule has 0 spiro atoms. The van der Waals surface area contributed by atoms with Crippen molar-refractivity contribution in [3.8, 4) is 22.6 Å². The van der Waals surface area contributed by atoms with E-state index in [1.807, 2.05) is 78.9 Å². The second-order valence-electron chi connectivity index (χ2n) is 13.8. The summed E-state index contributed by atoms with van der Waals surface area (Å²) in [5.41, 5.74) is 7.68. The lowest BCUT2D eigenvalue weighted by molar-refractivity contribution is -0.123. The van der Waals surface area contributed by atoms with E-state index in [0.717, 1.165) is 38.9 Å². The number of benzene rings is 6. The van der Waals surface area contributed by atoms with Crippen LogP contribution in [0.5, 0.6) is 11.5 Å². The summed E-state index contributed by atoms with van der Waals surface area (Å²) < 4.78 is 8.00. The molecule has 4 N–H and O–H groups in total. The molecule has 7 aromatic rings. The molecular formula is C47H40N4O5. The number of carbonyl (C=O) groups excluding carboxylic acids is 2. The Morgan fingerprint density at radius 2 is 1.23 bits per heavy atom. The van der Waals surface area contributed by atoms with Gasteiger partial charge in [0.15, 0.2) is 11.5 Å². The molecule has 0 saturated heterocycles. The summed E-state index contributed by atoms with van der Waals surface area (Å²) in [5, 5.41) is 25.7. The van der Waals surface area contributed by atoms with Gasteiger partial charge in [0.05, 0.1) is 6.33 Å². The third kappa shape index (κ3) is 6.86. The summed E-state index contributed by atoms with van der Waals surface area (Å²) in [6.07, 6.45) is 2.82. The number of hydrogen-bond acceptors (Lipinski definition) is 6. The molecule has 9 nitrogen and oxygen atoms in total. The van der Waals surface area contributed by atoms with Crippen molar-refractivity contribution in [2.75, 3.05) is 6.61 Å². The summed E-state index contributed by atoms with van der Waals surface area (Å²) in [7, 11) is 0. The Balaban J connectivity index is 1.13. The summed E-state index contributed by atoms with van der Waals surface area (Å²) in [4.78, 5) is 32.6. The Kier molecular flexibility index (Phi) is 10.1. The van der Waals surface area contributed by atoms with E-state index in [9.17, 15) is 19.8 Å². The quantitative estimate of drug-likeness (QED) is 0.0746. The van der Waals surface area contributed by atoms with Gasteiger partial charge in [-0.2, -0.15) is 0 Å². The van der Waals surface area contributed by atoms with E-state index >= 15 is 0 Å². The highest BCUT2D eigenvalue weighted by Crippen LogP contribution is 2.45. The first-order valence-corrected chi connectivity index (χ1v) is 18.5. The van der Waals surface area contributed by atoms with Gasteiger partial charge < -0.3 is 30.2 Å². The number of fused-ring (bicyclic) bond motifs is 3. The number of phenolic OH excluding ortho intramolecular Hbond substituents is 2. The highest BCUT2D eigenvalue weighted by Gasteiger charge is 2.40. The minimum atomic E-state index is -1.09. The molecule has 1 aliphatic rings. The number of aromatic hydroxyl groups is 2. The lowest BCUT2D eigenvalue weighted by Crippen LogP contribution is -2.49. The highest BCUT2D eigenvalue weighted by atomic mass is 16.5. The highest BCUT2D eigenvalue weighted by molar-refractivity contribution is 5.86. The molecule has 0 aliphatic heterocycles. The molecule has 0 unspecified atom stereocenters. The number of imidazole rings is 1. The minimum absolute atomic E-state index is 0.0385. The van der Waals surface area contributed by atoms with Gasteiger partial charge in [0, 0.05) is 30.8 Å². The molecule has 56 heavy (non-hydrogen) atoms. The SMILES string of the molecule is O=C(N[C@@H](Cc1cncn1C(c1ccccc1)(c1ccccc1)c1ccccc1)C(=O)NCc1ccc(O)c(O)c1)OCC1c2ccccc2-c2ccccc21. The van der Waals surface area contributed by atoms with Crippen LogP contribution >= 0.6 is 0 Å². The molecule has 1 aliphatic carbocycles. The predicted octanol–water partition coefficient (Wildman–Crippen LogP) is 7.90. The fourth-order valence-corrected chi connectivity index (χ4v) is 7.92.